The summed E-state index contributed by atoms with van der Waals surface area (Å²) in [6.45, 7) is 3.34. The number of carbonyl (C=O) groups is 1. The fourth-order valence-corrected chi connectivity index (χ4v) is 2.71. The lowest BCUT2D eigenvalue weighted by Gasteiger charge is -2.37. The van der Waals surface area contributed by atoms with Gasteiger partial charge >= 0.3 is 0 Å². The van der Waals surface area contributed by atoms with Crippen molar-refractivity contribution in [3.8, 4) is 0 Å². The summed E-state index contributed by atoms with van der Waals surface area (Å²) in [5.74, 6) is -0.0708. The minimum absolute atomic E-state index is 0.0113. The maximum Gasteiger partial charge on any atom is 0.257 e. The van der Waals surface area contributed by atoms with E-state index in [-0.39, 0.29) is 24.7 Å². The molecule has 0 spiro atoms. The van der Waals surface area contributed by atoms with Crippen molar-refractivity contribution < 1.29 is 14.6 Å². The van der Waals surface area contributed by atoms with Crippen molar-refractivity contribution >= 4 is 5.91 Å². The van der Waals surface area contributed by atoms with Crippen molar-refractivity contribution in [3.05, 3.63) is 53.9 Å². The molecule has 0 radical (unpaired) electrons. The zero-order chi connectivity index (χ0) is 16.2. The number of hydrogen-bond acceptors (Lipinski definition) is 4. The Morgan fingerprint density at radius 3 is 2.91 bits per heavy atom. The van der Waals surface area contributed by atoms with Crippen molar-refractivity contribution in [1.29, 1.82) is 0 Å². The van der Waals surface area contributed by atoms with E-state index in [1.54, 1.807) is 22.0 Å². The van der Waals surface area contributed by atoms with Crippen LogP contribution in [0.5, 0.6) is 0 Å². The Bertz CT molecular complexity index is 656. The highest BCUT2D eigenvalue weighted by molar-refractivity contribution is 5.94. The third-order valence-corrected chi connectivity index (χ3v) is 4.04. The van der Waals surface area contributed by atoms with Gasteiger partial charge in [-0.25, -0.2) is 0 Å². The molecule has 1 amide bonds. The van der Waals surface area contributed by atoms with Gasteiger partial charge in [-0.05, 0) is 12.5 Å². The lowest BCUT2D eigenvalue weighted by molar-refractivity contribution is -0.0667. The molecule has 3 rings (SSSR count). The molecule has 1 fully saturated rings. The number of morpholine rings is 1. The van der Waals surface area contributed by atoms with Crippen LogP contribution in [0.25, 0.3) is 0 Å². The summed E-state index contributed by atoms with van der Waals surface area (Å²) in [6.07, 6.45) is 3.06. The summed E-state index contributed by atoms with van der Waals surface area (Å²) in [6, 6.07) is 9.98. The van der Waals surface area contributed by atoms with Crippen LogP contribution >= 0.6 is 0 Å². The molecule has 122 valence electrons. The highest BCUT2D eigenvalue weighted by atomic mass is 16.5. The number of carbonyl (C=O) groups excluding carboxylic acids is 1. The fourth-order valence-electron chi connectivity index (χ4n) is 2.71. The fraction of sp³-hybridized carbons (Fsp3) is 0.412. The first kappa shape index (κ1) is 15.7. The molecule has 0 saturated carbocycles. The molecule has 0 bridgehead atoms. The SMILES string of the molecule is CC1COC(CO)CN1C(=O)c1cnn(Cc2ccccc2)c1. The van der Waals surface area contributed by atoms with Gasteiger partial charge < -0.3 is 14.7 Å². The van der Waals surface area contributed by atoms with E-state index < -0.39 is 0 Å². The zero-order valence-corrected chi connectivity index (χ0v) is 13.1. The smallest absolute Gasteiger partial charge is 0.257 e. The highest BCUT2D eigenvalue weighted by Crippen LogP contribution is 2.15. The highest BCUT2D eigenvalue weighted by Gasteiger charge is 2.30. The molecular weight excluding hydrogens is 294 g/mol. The number of aliphatic hydroxyl groups is 1. The van der Waals surface area contributed by atoms with Crippen molar-refractivity contribution in [1.82, 2.24) is 14.7 Å². The maximum absolute atomic E-state index is 12.7. The van der Waals surface area contributed by atoms with Crippen molar-refractivity contribution in [2.75, 3.05) is 19.8 Å². The number of rotatable bonds is 4. The Hall–Kier alpha value is -2.18. The molecule has 6 nitrogen and oxygen atoms in total. The molecule has 23 heavy (non-hydrogen) atoms. The Morgan fingerprint density at radius 2 is 2.17 bits per heavy atom. The molecule has 0 aliphatic carbocycles. The normalized spacial score (nSPS) is 21.4. The summed E-state index contributed by atoms with van der Waals surface area (Å²) in [4.78, 5) is 14.4. The number of nitrogens with zero attached hydrogens (tertiary/aromatic N) is 3. The third kappa shape index (κ3) is 3.60. The first-order valence-corrected chi connectivity index (χ1v) is 7.77. The maximum atomic E-state index is 12.7. The van der Waals surface area contributed by atoms with E-state index in [1.807, 2.05) is 37.3 Å². The molecule has 2 atom stereocenters. The van der Waals surface area contributed by atoms with Crippen LogP contribution in [0, 0.1) is 0 Å². The van der Waals surface area contributed by atoms with E-state index >= 15 is 0 Å². The molecule has 1 aliphatic rings. The van der Waals surface area contributed by atoms with Crippen molar-refractivity contribution in [2.45, 2.75) is 25.6 Å². The predicted molar refractivity (Wildman–Crippen MR) is 85.1 cm³/mol. The van der Waals surface area contributed by atoms with Gasteiger partial charge in [0.25, 0.3) is 5.91 Å². The van der Waals surface area contributed by atoms with Gasteiger partial charge in [0, 0.05) is 12.7 Å². The van der Waals surface area contributed by atoms with Crippen LogP contribution in [0.4, 0.5) is 0 Å². The molecule has 2 heterocycles. The van der Waals surface area contributed by atoms with Gasteiger partial charge in [0.15, 0.2) is 0 Å². The minimum atomic E-state index is -0.311. The first-order chi connectivity index (χ1) is 11.2. The summed E-state index contributed by atoms with van der Waals surface area (Å²) in [7, 11) is 0. The lowest BCUT2D eigenvalue weighted by Crippen LogP contribution is -2.51. The van der Waals surface area contributed by atoms with Crippen LogP contribution in [0.2, 0.25) is 0 Å². The monoisotopic (exact) mass is 315 g/mol. The Labute approximate surface area is 135 Å². The van der Waals surface area contributed by atoms with E-state index in [2.05, 4.69) is 5.10 Å². The quantitative estimate of drug-likeness (QED) is 0.919. The first-order valence-electron chi connectivity index (χ1n) is 7.77. The van der Waals surface area contributed by atoms with Crippen LogP contribution in [0.15, 0.2) is 42.7 Å². The molecule has 1 aliphatic heterocycles. The predicted octanol–water partition coefficient (Wildman–Crippen LogP) is 1.15. The van der Waals surface area contributed by atoms with Crippen molar-refractivity contribution in [3.63, 3.8) is 0 Å². The zero-order valence-electron chi connectivity index (χ0n) is 13.1. The second kappa shape index (κ2) is 6.93. The summed E-state index contributed by atoms with van der Waals surface area (Å²) in [5, 5.41) is 13.5. The number of aromatic nitrogens is 2. The van der Waals surface area contributed by atoms with E-state index in [0.29, 0.717) is 25.3 Å². The Balaban J connectivity index is 1.70. The van der Waals surface area contributed by atoms with Crippen LogP contribution in [0.1, 0.15) is 22.8 Å². The largest absolute Gasteiger partial charge is 0.394 e. The number of benzene rings is 1. The van der Waals surface area contributed by atoms with Crippen LogP contribution in [-0.4, -0.2) is 57.6 Å². The molecular formula is C17H21N3O3. The van der Waals surface area contributed by atoms with Gasteiger partial charge in [-0.2, -0.15) is 5.10 Å². The molecule has 1 saturated heterocycles. The van der Waals surface area contributed by atoms with Crippen LogP contribution in [0.3, 0.4) is 0 Å². The van der Waals surface area contributed by atoms with Gasteiger partial charge in [0.2, 0.25) is 0 Å². The van der Waals surface area contributed by atoms with Gasteiger partial charge in [0.1, 0.15) is 0 Å². The van der Waals surface area contributed by atoms with Gasteiger partial charge in [-0.3, -0.25) is 9.48 Å². The van der Waals surface area contributed by atoms with E-state index in [1.165, 1.54) is 0 Å². The van der Waals surface area contributed by atoms with E-state index in [0.717, 1.165) is 5.56 Å². The van der Waals surface area contributed by atoms with E-state index in [4.69, 9.17) is 4.74 Å². The second-order valence-electron chi connectivity index (χ2n) is 5.86. The number of hydrogen-bond donors (Lipinski definition) is 1. The topological polar surface area (TPSA) is 67.6 Å². The molecule has 1 aromatic carbocycles. The van der Waals surface area contributed by atoms with Crippen LogP contribution in [-0.2, 0) is 11.3 Å². The van der Waals surface area contributed by atoms with E-state index in [9.17, 15) is 9.90 Å². The molecule has 6 heteroatoms. The average Bonchev–Trinajstić information content (AvgIpc) is 3.04. The van der Waals surface area contributed by atoms with Gasteiger partial charge in [0.05, 0.1) is 43.7 Å². The molecule has 2 aromatic rings. The summed E-state index contributed by atoms with van der Waals surface area (Å²) >= 11 is 0. The van der Waals surface area contributed by atoms with Crippen molar-refractivity contribution in [2.24, 2.45) is 0 Å². The standard InChI is InChI=1S/C17H21N3O3/c1-13-12-23-16(11-21)10-20(13)17(22)15-7-18-19(9-15)8-14-5-3-2-4-6-14/h2-7,9,13,16,21H,8,10-12H2,1H3. The molecule has 1 aromatic heterocycles. The van der Waals surface area contributed by atoms with Crippen LogP contribution < -0.4 is 0 Å². The summed E-state index contributed by atoms with van der Waals surface area (Å²) < 4.78 is 7.24. The second-order valence-corrected chi connectivity index (χ2v) is 5.86. The van der Waals surface area contributed by atoms with Gasteiger partial charge in [-0.1, -0.05) is 30.3 Å². The number of amides is 1. The third-order valence-electron chi connectivity index (χ3n) is 4.04. The Morgan fingerprint density at radius 1 is 1.39 bits per heavy atom. The molecule has 1 N–H and O–H groups in total. The average molecular weight is 315 g/mol. The minimum Gasteiger partial charge on any atom is -0.394 e. The summed E-state index contributed by atoms with van der Waals surface area (Å²) in [5.41, 5.74) is 1.70. The Kier molecular flexibility index (Phi) is 4.73. The number of aliphatic hydroxyl groups excluding tert-OH is 1. The number of ether oxygens (including phenoxy) is 1. The van der Waals surface area contributed by atoms with Gasteiger partial charge in [-0.15, -0.1) is 0 Å². The molecule has 2 unspecified atom stereocenters. The lowest BCUT2D eigenvalue weighted by atomic mass is 10.1.